The van der Waals surface area contributed by atoms with Gasteiger partial charge in [0.15, 0.2) is 0 Å². The molecular weight excluding hydrogens is 363 g/mol. The summed E-state index contributed by atoms with van der Waals surface area (Å²) in [6, 6.07) is 0. The number of carboxylic acids is 1. The number of carbonyl (C=O) groups is 2. The third kappa shape index (κ3) is 1.79. The number of ether oxygens (including phenoxy) is 1. The SMILES string of the molecule is C=C1C[C@]23C[C@@]1(O)CC[C@H]2[C@@]12C=C[C@H](O)[C@@](C)(C(=O)O1)[C@H]2[C@@H]3C(=O)[O-].[K+]. The first kappa shape index (κ1) is 19.3. The third-order valence-corrected chi connectivity index (χ3v) is 8.11. The van der Waals surface area contributed by atoms with E-state index in [9.17, 15) is 24.9 Å². The monoisotopic (exact) mass is 384 g/mol. The number of aliphatic carboxylic acids is 1. The number of carbonyl (C=O) groups excluding carboxylic acids is 2. The van der Waals surface area contributed by atoms with Crippen molar-refractivity contribution >= 4 is 11.9 Å². The number of aliphatic hydroxyl groups excluding tert-OH is 1. The first-order valence-corrected chi connectivity index (χ1v) is 8.84. The summed E-state index contributed by atoms with van der Waals surface area (Å²) in [7, 11) is 0. The first-order valence-electron chi connectivity index (χ1n) is 8.84. The molecule has 1 aliphatic heterocycles. The fraction of sp³-hybridized carbons (Fsp3) is 0.684. The summed E-state index contributed by atoms with van der Waals surface area (Å²) in [6.07, 6.45) is 3.91. The molecule has 5 rings (SSSR count). The number of carboxylic acid groups (broad SMARTS) is 1. The Hall–Kier alpha value is -0.0236. The average molecular weight is 384 g/mol. The van der Waals surface area contributed by atoms with Crippen molar-refractivity contribution in [1.29, 1.82) is 0 Å². The Balaban J connectivity index is 0.00000168. The van der Waals surface area contributed by atoms with E-state index in [2.05, 4.69) is 6.58 Å². The van der Waals surface area contributed by atoms with Crippen molar-refractivity contribution in [1.82, 2.24) is 0 Å². The standard InChI is InChI=1S/C19H22O6.K/c1-9-7-17-8-18(9,24)5-3-10(17)19-6-4-11(20)16(2,15(23)25-19)13(19)12(17)14(21)22;/h4,6,10-13,20,24H,1,3,5,7-8H2,2H3,(H,21,22);/q;+1/p-1/t10-,11+,12-,13-,16-,17+,18+,19-;/m1./s1. The molecule has 1 saturated heterocycles. The number of fused-ring (bicyclic) bond motifs is 1. The topological polar surface area (TPSA) is 107 Å². The van der Waals surface area contributed by atoms with E-state index in [1.165, 1.54) is 0 Å². The van der Waals surface area contributed by atoms with Gasteiger partial charge >= 0.3 is 57.4 Å². The molecule has 0 unspecified atom stereocenters. The fourth-order valence-electron chi connectivity index (χ4n) is 7.11. The summed E-state index contributed by atoms with van der Waals surface area (Å²) >= 11 is 0. The van der Waals surface area contributed by atoms with Crippen LogP contribution in [0.2, 0.25) is 0 Å². The smallest absolute Gasteiger partial charge is 0.550 e. The molecule has 2 N–H and O–H groups in total. The summed E-state index contributed by atoms with van der Waals surface area (Å²) in [5.41, 5.74) is -3.49. The minimum absolute atomic E-state index is 0. The van der Waals surface area contributed by atoms with Gasteiger partial charge in [0, 0.05) is 23.7 Å². The van der Waals surface area contributed by atoms with Crippen molar-refractivity contribution in [3.05, 3.63) is 24.3 Å². The Kier molecular flexibility index (Phi) is 3.95. The quantitative estimate of drug-likeness (QED) is 0.279. The van der Waals surface area contributed by atoms with Crippen LogP contribution in [0.4, 0.5) is 0 Å². The average Bonchev–Trinajstić information content (AvgIpc) is 2.95. The van der Waals surface area contributed by atoms with Gasteiger partial charge in [0.25, 0.3) is 0 Å². The van der Waals surface area contributed by atoms with Crippen molar-refractivity contribution in [3.63, 3.8) is 0 Å². The molecule has 26 heavy (non-hydrogen) atoms. The molecule has 4 fully saturated rings. The first-order chi connectivity index (χ1) is 11.6. The van der Waals surface area contributed by atoms with Gasteiger partial charge in [-0.3, -0.25) is 4.79 Å². The second kappa shape index (κ2) is 5.31. The molecule has 0 aromatic heterocycles. The van der Waals surface area contributed by atoms with Gasteiger partial charge in [-0.05, 0) is 49.7 Å². The zero-order valence-electron chi connectivity index (χ0n) is 15.0. The molecule has 4 bridgehead atoms. The van der Waals surface area contributed by atoms with Crippen molar-refractivity contribution in [2.24, 2.45) is 28.6 Å². The van der Waals surface area contributed by atoms with Gasteiger partial charge in [-0.2, -0.15) is 0 Å². The van der Waals surface area contributed by atoms with Crippen LogP contribution in [0.5, 0.6) is 0 Å². The van der Waals surface area contributed by atoms with Crippen molar-refractivity contribution in [2.45, 2.75) is 49.9 Å². The maximum absolute atomic E-state index is 12.7. The maximum atomic E-state index is 12.7. The van der Waals surface area contributed by atoms with E-state index < -0.39 is 51.9 Å². The number of rotatable bonds is 1. The van der Waals surface area contributed by atoms with Gasteiger partial charge in [0.1, 0.15) is 11.0 Å². The second-order valence-corrected chi connectivity index (χ2v) is 8.92. The number of aliphatic hydroxyl groups is 2. The number of hydrogen-bond donors (Lipinski definition) is 2. The molecule has 0 aromatic rings. The van der Waals surface area contributed by atoms with Gasteiger partial charge in [-0.25, -0.2) is 0 Å². The van der Waals surface area contributed by atoms with Crippen molar-refractivity contribution in [2.75, 3.05) is 0 Å². The third-order valence-electron chi connectivity index (χ3n) is 8.11. The number of esters is 1. The predicted molar refractivity (Wildman–Crippen MR) is 82.5 cm³/mol. The Bertz CT molecular complexity index is 778. The van der Waals surface area contributed by atoms with Gasteiger partial charge < -0.3 is 24.9 Å². The Morgan fingerprint density at radius 3 is 2.81 bits per heavy atom. The fourth-order valence-corrected chi connectivity index (χ4v) is 7.11. The van der Waals surface area contributed by atoms with E-state index in [1.54, 1.807) is 19.1 Å². The molecule has 0 radical (unpaired) electrons. The summed E-state index contributed by atoms with van der Waals surface area (Å²) in [5.74, 6) is -3.67. The minimum Gasteiger partial charge on any atom is -0.550 e. The summed E-state index contributed by atoms with van der Waals surface area (Å²) in [6.45, 7) is 5.60. The predicted octanol–water partition coefficient (Wildman–Crippen LogP) is -3.30. The van der Waals surface area contributed by atoms with Crippen molar-refractivity contribution < 1.29 is 81.0 Å². The normalized spacial score (nSPS) is 55.8. The molecule has 8 atom stereocenters. The van der Waals surface area contributed by atoms with Crippen LogP contribution in [0, 0.1) is 28.6 Å². The molecule has 1 spiro atoms. The molecule has 6 nitrogen and oxygen atoms in total. The van der Waals surface area contributed by atoms with E-state index in [1.807, 2.05) is 0 Å². The van der Waals surface area contributed by atoms with Crippen LogP contribution in [-0.2, 0) is 14.3 Å². The minimum atomic E-state index is -1.31. The molecule has 1 heterocycles. The van der Waals surface area contributed by atoms with Crippen LogP contribution < -0.4 is 56.5 Å². The molecule has 0 amide bonds. The van der Waals surface area contributed by atoms with E-state index in [-0.39, 0.29) is 57.3 Å². The van der Waals surface area contributed by atoms with E-state index >= 15 is 0 Å². The second-order valence-electron chi connectivity index (χ2n) is 8.92. The van der Waals surface area contributed by atoms with Crippen LogP contribution in [-0.4, -0.2) is 39.5 Å². The molecule has 134 valence electrons. The Labute approximate surface area is 194 Å². The largest absolute Gasteiger partial charge is 1.00 e. The van der Waals surface area contributed by atoms with E-state index in [4.69, 9.17) is 4.74 Å². The summed E-state index contributed by atoms with van der Waals surface area (Å²) in [4.78, 5) is 24.9. The number of hydrogen-bond acceptors (Lipinski definition) is 6. The summed E-state index contributed by atoms with van der Waals surface area (Å²) < 4.78 is 5.85. The van der Waals surface area contributed by atoms with Gasteiger partial charge in [0.05, 0.1) is 11.7 Å². The summed E-state index contributed by atoms with van der Waals surface area (Å²) in [5, 5.41) is 33.7. The molecule has 3 saturated carbocycles. The van der Waals surface area contributed by atoms with Crippen LogP contribution >= 0.6 is 0 Å². The van der Waals surface area contributed by atoms with E-state index in [0.717, 1.165) is 0 Å². The van der Waals surface area contributed by atoms with Crippen LogP contribution in [0.3, 0.4) is 0 Å². The zero-order chi connectivity index (χ0) is 18.0. The molecular formula is C19H21KO6. The van der Waals surface area contributed by atoms with Gasteiger partial charge in [0.2, 0.25) is 0 Å². The molecule has 4 aliphatic carbocycles. The van der Waals surface area contributed by atoms with Crippen LogP contribution in [0.1, 0.15) is 32.6 Å². The Morgan fingerprint density at radius 2 is 2.15 bits per heavy atom. The molecule has 7 heteroatoms. The van der Waals surface area contributed by atoms with Crippen LogP contribution in [0.25, 0.3) is 0 Å². The maximum Gasteiger partial charge on any atom is 1.00 e. The molecule has 5 aliphatic rings. The Morgan fingerprint density at radius 1 is 1.46 bits per heavy atom. The molecule has 0 aromatic carbocycles. The van der Waals surface area contributed by atoms with Crippen LogP contribution in [0.15, 0.2) is 24.3 Å². The van der Waals surface area contributed by atoms with Gasteiger partial charge in [-0.1, -0.05) is 12.7 Å². The van der Waals surface area contributed by atoms with Gasteiger partial charge in [-0.15, -0.1) is 0 Å². The van der Waals surface area contributed by atoms with Crippen molar-refractivity contribution in [3.8, 4) is 0 Å². The zero-order valence-corrected chi connectivity index (χ0v) is 18.2. The van der Waals surface area contributed by atoms with E-state index in [0.29, 0.717) is 31.3 Å².